The molecule has 0 N–H and O–H groups in total. The van der Waals surface area contributed by atoms with Crippen molar-refractivity contribution in [2.75, 3.05) is 7.11 Å². The number of rotatable bonds is 2. The van der Waals surface area contributed by atoms with Gasteiger partial charge in [-0.25, -0.2) is 4.98 Å². The number of nitrogens with zero attached hydrogens (tertiary/aromatic N) is 2. The van der Waals surface area contributed by atoms with Gasteiger partial charge in [0.1, 0.15) is 17.4 Å². The van der Waals surface area contributed by atoms with Crippen LogP contribution in [0.25, 0.3) is 0 Å². The topological polar surface area (TPSA) is 80.0 Å². The summed E-state index contributed by atoms with van der Waals surface area (Å²) in [6.45, 7) is 0. The first-order valence-corrected chi connectivity index (χ1v) is 4.77. The molecule has 0 fully saturated rings. The van der Waals surface area contributed by atoms with Crippen molar-refractivity contribution in [2.45, 2.75) is 5.03 Å². The molecular weight excluding hydrogens is 211 g/mol. The number of ether oxygens (including phenoxy) is 1. The standard InChI is InChI=1S/C7H5FN2O3S/c1-13-6-2-3-10-7(5(6)4-9)14(8,11)12/h2-3H,1H3. The van der Waals surface area contributed by atoms with E-state index in [1.165, 1.54) is 19.2 Å². The van der Waals surface area contributed by atoms with Gasteiger partial charge in [0.2, 0.25) is 5.03 Å². The Morgan fingerprint density at radius 1 is 1.64 bits per heavy atom. The van der Waals surface area contributed by atoms with Crippen molar-refractivity contribution < 1.29 is 17.0 Å². The van der Waals surface area contributed by atoms with E-state index in [0.29, 0.717) is 0 Å². The van der Waals surface area contributed by atoms with Gasteiger partial charge >= 0.3 is 10.2 Å². The van der Waals surface area contributed by atoms with Gasteiger partial charge in [0.05, 0.1) is 7.11 Å². The van der Waals surface area contributed by atoms with Crippen molar-refractivity contribution in [3.63, 3.8) is 0 Å². The van der Waals surface area contributed by atoms with Crippen LogP contribution in [0.15, 0.2) is 17.3 Å². The number of halogens is 1. The quantitative estimate of drug-likeness (QED) is 0.677. The van der Waals surface area contributed by atoms with Gasteiger partial charge in [-0.05, 0) is 6.07 Å². The summed E-state index contributed by atoms with van der Waals surface area (Å²) in [6, 6.07) is 2.79. The lowest BCUT2D eigenvalue weighted by atomic mass is 10.3. The second-order valence-corrected chi connectivity index (χ2v) is 3.51. The Morgan fingerprint density at radius 2 is 2.29 bits per heavy atom. The zero-order valence-corrected chi connectivity index (χ0v) is 7.88. The smallest absolute Gasteiger partial charge is 0.351 e. The van der Waals surface area contributed by atoms with Gasteiger partial charge in [0.15, 0.2) is 0 Å². The normalized spacial score (nSPS) is 10.6. The molecule has 0 aliphatic heterocycles. The molecule has 0 saturated carbocycles. The molecular formula is C7H5FN2O3S. The van der Waals surface area contributed by atoms with Gasteiger partial charge in [-0.3, -0.25) is 0 Å². The van der Waals surface area contributed by atoms with Crippen molar-refractivity contribution in [3.05, 3.63) is 17.8 Å². The number of nitriles is 1. The first-order valence-electron chi connectivity index (χ1n) is 3.38. The van der Waals surface area contributed by atoms with Crippen LogP contribution >= 0.6 is 0 Å². The van der Waals surface area contributed by atoms with E-state index in [1.807, 2.05) is 0 Å². The molecule has 7 heteroatoms. The Morgan fingerprint density at radius 3 is 2.71 bits per heavy atom. The summed E-state index contributed by atoms with van der Waals surface area (Å²) in [6.07, 6.45) is 1.05. The maximum atomic E-state index is 12.6. The minimum Gasteiger partial charge on any atom is -0.495 e. The minimum absolute atomic E-state index is 0.0290. The van der Waals surface area contributed by atoms with Crippen LogP contribution in [0.5, 0.6) is 5.75 Å². The van der Waals surface area contributed by atoms with Gasteiger partial charge in [-0.1, -0.05) is 3.89 Å². The number of hydrogen-bond acceptors (Lipinski definition) is 5. The van der Waals surface area contributed by atoms with Gasteiger partial charge in [0.25, 0.3) is 0 Å². The number of aromatic nitrogens is 1. The van der Waals surface area contributed by atoms with Crippen LogP contribution in [0.3, 0.4) is 0 Å². The summed E-state index contributed by atoms with van der Waals surface area (Å²) in [5.41, 5.74) is -0.433. The molecule has 1 aromatic rings. The Bertz CT molecular complexity index is 492. The minimum atomic E-state index is -4.99. The second-order valence-electron chi connectivity index (χ2n) is 2.24. The van der Waals surface area contributed by atoms with Gasteiger partial charge < -0.3 is 4.74 Å². The molecule has 0 spiro atoms. The number of hydrogen-bond donors (Lipinski definition) is 0. The molecule has 0 atom stereocenters. The zero-order chi connectivity index (χ0) is 10.8. The number of methoxy groups -OCH3 is 1. The maximum Gasteiger partial charge on any atom is 0.351 e. The highest BCUT2D eigenvalue weighted by Gasteiger charge is 2.22. The summed E-state index contributed by atoms with van der Waals surface area (Å²) in [4.78, 5) is 3.26. The Balaban J connectivity index is 3.55. The van der Waals surface area contributed by atoms with Gasteiger partial charge in [-0.15, -0.1) is 0 Å². The highest BCUT2D eigenvalue weighted by molar-refractivity contribution is 7.86. The SMILES string of the molecule is COc1ccnc(S(=O)(=O)F)c1C#N. The Hall–Kier alpha value is -1.68. The van der Waals surface area contributed by atoms with Crippen LogP contribution in [-0.2, 0) is 10.2 Å². The molecule has 0 bridgehead atoms. The zero-order valence-electron chi connectivity index (χ0n) is 7.06. The summed E-state index contributed by atoms with van der Waals surface area (Å²) >= 11 is 0. The molecule has 0 aliphatic carbocycles. The van der Waals surface area contributed by atoms with E-state index in [-0.39, 0.29) is 5.75 Å². The third kappa shape index (κ3) is 1.80. The summed E-state index contributed by atoms with van der Waals surface area (Å²) in [7, 11) is -3.75. The lowest BCUT2D eigenvalue weighted by Crippen LogP contribution is -2.01. The van der Waals surface area contributed by atoms with Gasteiger partial charge in [0, 0.05) is 6.20 Å². The molecule has 0 unspecified atom stereocenters. The molecule has 0 saturated heterocycles. The van der Waals surface area contributed by atoms with Crippen molar-refractivity contribution >= 4 is 10.2 Å². The monoisotopic (exact) mass is 216 g/mol. The fourth-order valence-electron chi connectivity index (χ4n) is 0.884. The molecule has 0 radical (unpaired) electrons. The summed E-state index contributed by atoms with van der Waals surface area (Å²) in [5, 5.41) is 7.68. The van der Waals surface area contributed by atoms with Crippen molar-refractivity contribution in [1.82, 2.24) is 4.98 Å². The van der Waals surface area contributed by atoms with E-state index >= 15 is 0 Å². The molecule has 74 valence electrons. The highest BCUT2D eigenvalue weighted by Crippen LogP contribution is 2.23. The van der Waals surface area contributed by atoms with Gasteiger partial charge in [-0.2, -0.15) is 13.7 Å². The lowest BCUT2D eigenvalue weighted by molar-refractivity contribution is 0.410. The average Bonchev–Trinajstić information content (AvgIpc) is 2.15. The van der Waals surface area contributed by atoms with Crippen LogP contribution in [0.2, 0.25) is 0 Å². The van der Waals surface area contributed by atoms with E-state index in [0.717, 1.165) is 6.20 Å². The molecule has 1 rings (SSSR count). The van der Waals surface area contributed by atoms with E-state index in [2.05, 4.69) is 9.72 Å². The molecule has 14 heavy (non-hydrogen) atoms. The fourth-order valence-corrected chi connectivity index (χ4v) is 1.46. The first-order chi connectivity index (χ1) is 6.50. The molecule has 0 aromatic carbocycles. The molecule has 1 heterocycles. The Labute approximate surface area is 80.0 Å². The average molecular weight is 216 g/mol. The van der Waals surface area contributed by atoms with Crippen molar-refractivity contribution in [1.29, 1.82) is 5.26 Å². The fraction of sp³-hybridized carbons (Fsp3) is 0.143. The van der Waals surface area contributed by atoms with E-state index in [9.17, 15) is 12.3 Å². The molecule has 0 aliphatic rings. The second kappa shape index (κ2) is 3.59. The van der Waals surface area contributed by atoms with E-state index in [4.69, 9.17) is 5.26 Å². The lowest BCUT2D eigenvalue weighted by Gasteiger charge is -2.03. The Kier molecular flexibility index (Phi) is 2.67. The maximum absolute atomic E-state index is 12.6. The van der Waals surface area contributed by atoms with E-state index in [1.54, 1.807) is 0 Å². The third-order valence-corrected chi connectivity index (χ3v) is 2.21. The molecule has 0 amide bonds. The van der Waals surface area contributed by atoms with E-state index < -0.39 is 20.8 Å². The van der Waals surface area contributed by atoms with Crippen LogP contribution < -0.4 is 4.74 Å². The summed E-state index contributed by atoms with van der Waals surface area (Å²) < 4.78 is 38.4. The summed E-state index contributed by atoms with van der Waals surface area (Å²) in [5.74, 6) is -0.0290. The van der Waals surface area contributed by atoms with Crippen LogP contribution in [-0.4, -0.2) is 20.5 Å². The predicted molar refractivity (Wildman–Crippen MR) is 43.8 cm³/mol. The third-order valence-electron chi connectivity index (χ3n) is 1.44. The van der Waals surface area contributed by atoms with Crippen LogP contribution in [0.1, 0.15) is 5.56 Å². The van der Waals surface area contributed by atoms with Crippen LogP contribution in [0.4, 0.5) is 3.89 Å². The number of pyridine rings is 1. The molecule has 1 aromatic heterocycles. The predicted octanol–water partition coefficient (Wildman–Crippen LogP) is 0.620. The molecule has 5 nitrogen and oxygen atoms in total. The highest BCUT2D eigenvalue weighted by atomic mass is 32.3. The van der Waals surface area contributed by atoms with Crippen molar-refractivity contribution in [2.24, 2.45) is 0 Å². The first kappa shape index (κ1) is 10.4. The largest absolute Gasteiger partial charge is 0.495 e. The van der Waals surface area contributed by atoms with Crippen LogP contribution in [0, 0.1) is 11.3 Å². The van der Waals surface area contributed by atoms with Crippen molar-refractivity contribution in [3.8, 4) is 11.8 Å².